The van der Waals surface area contributed by atoms with Crippen molar-refractivity contribution in [3.8, 4) is 6.07 Å². The first-order chi connectivity index (χ1) is 3.85. The van der Waals surface area contributed by atoms with Crippen LogP contribution in [0.2, 0.25) is 0 Å². The molecule has 0 fully saturated rings. The van der Waals surface area contributed by atoms with Crippen molar-refractivity contribution in [3.63, 3.8) is 0 Å². The third-order valence-electron chi connectivity index (χ3n) is 0.894. The lowest BCUT2D eigenvalue weighted by Gasteiger charge is -1.90. The van der Waals surface area contributed by atoms with E-state index in [-0.39, 0.29) is 0 Å². The maximum absolute atomic E-state index is 8.11. The summed E-state index contributed by atoms with van der Waals surface area (Å²) in [6.07, 6.45) is 2.37. The molecule has 0 radical (unpaired) electrons. The van der Waals surface area contributed by atoms with E-state index in [0.29, 0.717) is 5.88 Å². The van der Waals surface area contributed by atoms with Gasteiger partial charge in [-0.2, -0.15) is 5.26 Å². The van der Waals surface area contributed by atoms with Crippen molar-refractivity contribution in [3.05, 3.63) is 11.6 Å². The molecular formula is C6H8ClN. The molecule has 2 heteroatoms. The number of nitriles is 1. The highest BCUT2D eigenvalue weighted by Crippen LogP contribution is 2.00. The van der Waals surface area contributed by atoms with Crippen LogP contribution >= 0.6 is 11.6 Å². The van der Waals surface area contributed by atoms with E-state index in [2.05, 4.69) is 0 Å². The van der Waals surface area contributed by atoms with E-state index in [1.54, 1.807) is 0 Å². The molecule has 44 valence electrons. The number of halogens is 1. The van der Waals surface area contributed by atoms with E-state index in [1.165, 1.54) is 6.08 Å². The Bertz CT molecular complexity index is 115. The van der Waals surface area contributed by atoms with Crippen LogP contribution in [0.3, 0.4) is 0 Å². The quantitative estimate of drug-likeness (QED) is 0.414. The zero-order valence-corrected chi connectivity index (χ0v) is 5.57. The number of rotatable bonds is 2. The molecule has 0 aliphatic heterocycles. The Labute approximate surface area is 54.6 Å². The SMILES string of the molecule is CC/C(=C\C#N)CCl. The molecule has 0 bridgehead atoms. The summed E-state index contributed by atoms with van der Waals surface area (Å²) in [5, 5.41) is 8.11. The van der Waals surface area contributed by atoms with Crippen LogP contribution < -0.4 is 0 Å². The lowest BCUT2D eigenvalue weighted by atomic mass is 10.2. The number of nitrogens with zero attached hydrogens (tertiary/aromatic N) is 1. The first-order valence-corrected chi connectivity index (χ1v) is 3.02. The molecule has 1 nitrogen and oxygen atoms in total. The summed E-state index contributed by atoms with van der Waals surface area (Å²) < 4.78 is 0. The van der Waals surface area contributed by atoms with Crippen LogP contribution in [0, 0.1) is 11.3 Å². The Balaban J connectivity index is 3.72. The standard InChI is InChI=1S/C6H8ClN/c1-2-6(5-7)3-4-8/h3H,2,5H2,1H3/b6-3+. The monoisotopic (exact) mass is 129 g/mol. The van der Waals surface area contributed by atoms with Crippen LogP contribution in [-0.4, -0.2) is 5.88 Å². The fraction of sp³-hybridized carbons (Fsp3) is 0.500. The van der Waals surface area contributed by atoms with E-state index >= 15 is 0 Å². The first kappa shape index (κ1) is 7.52. The molecule has 0 aromatic rings. The molecule has 0 unspecified atom stereocenters. The molecule has 0 saturated carbocycles. The predicted octanol–water partition coefficient (Wildman–Crippen LogP) is 2.09. The zero-order valence-electron chi connectivity index (χ0n) is 4.82. The molecule has 0 aliphatic carbocycles. The van der Waals surface area contributed by atoms with Gasteiger partial charge in [0.25, 0.3) is 0 Å². The minimum Gasteiger partial charge on any atom is -0.193 e. The molecular weight excluding hydrogens is 122 g/mol. The van der Waals surface area contributed by atoms with Crippen molar-refractivity contribution in [1.29, 1.82) is 5.26 Å². The summed E-state index contributed by atoms with van der Waals surface area (Å²) >= 11 is 5.43. The molecule has 0 N–H and O–H groups in total. The molecule has 0 rings (SSSR count). The second kappa shape index (κ2) is 4.67. The van der Waals surface area contributed by atoms with Gasteiger partial charge in [-0.3, -0.25) is 0 Å². The van der Waals surface area contributed by atoms with Crippen LogP contribution in [0.1, 0.15) is 13.3 Å². The van der Waals surface area contributed by atoms with Gasteiger partial charge in [0.1, 0.15) is 0 Å². The highest BCUT2D eigenvalue weighted by molar-refractivity contribution is 6.19. The normalized spacial score (nSPS) is 10.9. The zero-order chi connectivity index (χ0) is 6.41. The number of allylic oxidation sites excluding steroid dienone is 2. The van der Waals surface area contributed by atoms with Crippen molar-refractivity contribution in [2.45, 2.75) is 13.3 Å². The Morgan fingerprint density at radius 3 is 2.62 bits per heavy atom. The molecule has 8 heavy (non-hydrogen) atoms. The Morgan fingerprint density at radius 2 is 2.50 bits per heavy atom. The van der Waals surface area contributed by atoms with E-state index in [4.69, 9.17) is 16.9 Å². The van der Waals surface area contributed by atoms with Crippen LogP contribution in [0.5, 0.6) is 0 Å². The lowest BCUT2D eigenvalue weighted by Crippen LogP contribution is -1.78. The van der Waals surface area contributed by atoms with Crippen molar-refractivity contribution in [1.82, 2.24) is 0 Å². The van der Waals surface area contributed by atoms with E-state index in [9.17, 15) is 0 Å². The molecule has 0 aromatic carbocycles. The smallest absolute Gasteiger partial charge is 0.0911 e. The summed E-state index contributed by atoms with van der Waals surface area (Å²) in [5.74, 6) is 0.476. The largest absolute Gasteiger partial charge is 0.193 e. The van der Waals surface area contributed by atoms with Crippen molar-refractivity contribution < 1.29 is 0 Å². The summed E-state index contributed by atoms with van der Waals surface area (Å²) in [5.41, 5.74) is 0.995. The fourth-order valence-corrected chi connectivity index (χ4v) is 0.593. The summed E-state index contributed by atoms with van der Waals surface area (Å²) in [6, 6.07) is 1.92. The minimum absolute atomic E-state index is 0.476. The maximum atomic E-state index is 8.11. The van der Waals surface area contributed by atoms with Crippen LogP contribution in [0.15, 0.2) is 11.6 Å². The number of alkyl halides is 1. The van der Waals surface area contributed by atoms with E-state index in [1.807, 2.05) is 13.0 Å². The van der Waals surface area contributed by atoms with Crippen LogP contribution in [0.25, 0.3) is 0 Å². The average molecular weight is 130 g/mol. The molecule has 0 heterocycles. The van der Waals surface area contributed by atoms with Gasteiger partial charge < -0.3 is 0 Å². The van der Waals surface area contributed by atoms with Crippen molar-refractivity contribution in [2.24, 2.45) is 0 Å². The van der Waals surface area contributed by atoms with Gasteiger partial charge >= 0.3 is 0 Å². The number of hydrogen-bond acceptors (Lipinski definition) is 1. The Morgan fingerprint density at radius 1 is 1.88 bits per heavy atom. The van der Waals surface area contributed by atoms with E-state index in [0.717, 1.165) is 12.0 Å². The molecule has 0 atom stereocenters. The van der Waals surface area contributed by atoms with Gasteiger partial charge in [-0.05, 0) is 12.0 Å². The summed E-state index contributed by atoms with van der Waals surface area (Å²) in [4.78, 5) is 0. The van der Waals surface area contributed by atoms with E-state index < -0.39 is 0 Å². The van der Waals surface area contributed by atoms with Gasteiger partial charge in [-0.1, -0.05) is 6.92 Å². The van der Waals surface area contributed by atoms with Crippen LogP contribution in [-0.2, 0) is 0 Å². The van der Waals surface area contributed by atoms with Crippen LogP contribution in [0.4, 0.5) is 0 Å². The number of hydrogen-bond donors (Lipinski definition) is 0. The third-order valence-corrected chi connectivity index (χ3v) is 1.24. The van der Waals surface area contributed by atoms with Gasteiger partial charge in [0.15, 0.2) is 0 Å². The van der Waals surface area contributed by atoms with Crippen molar-refractivity contribution in [2.75, 3.05) is 5.88 Å². The maximum Gasteiger partial charge on any atom is 0.0911 e. The third kappa shape index (κ3) is 2.65. The molecule has 0 saturated heterocycles. The molecule has 0 spiro atoms. The second-order valence-corrected chi connectivity index (χ2v) is 1.69. The average Bonchev–Trinajstić information content (AvgIpc) is 1.83. The van der Waals surface area contributed by atoms with Gasteiger partial charge in [0.2, 0.25) is 0 Å². The second-order valence-electron chi connectivity index (χ2n) is 1.42. The summed E-state index contributed by atoms with van der Waals surface area (Å²) in [7, 11) is 0. The van der Waals surface area contributed by atoms with Gasteiger partial charge in [0.05, 0.1) is 6.07 Å². The Kier molecular flexibility index (Phi) is 4.39. The highest BCUT2D eigenvalue weighted by Gasteiger charge is 1.86. The fourth-order valence-electron chi connectivity index (χ4n) is 0.326. The lowest BCUT2D eigenvalue weighted by molar-refractivity contribution is 1.10. The van der Waals surface area contributed by atoms with Gasteiger partial charge in [0, 0.05) is 12.0 Å². The minimum atomic E-state index is 0.476. The van der Waals surface area contributed by atoms with Crippen molar-refractivity contribution >= 4 is 11.6 Å². The Hall–Kier alpha value is -0.480. The van der Waals surface area contributed by atoms with Gasteiger partial charge in [-0.15, -0.1) is 11.6 Å². The predicted molar refractivity (Wildman–Crippen MR) is 34.7 cm³/mol. The first-order valence-electron chi connectivity index (χ1n) is 2.48. The molecule has 0 aliphatic rings. The molecule has 0 amide bonds. The van der Waals surface area contributed by atoms with Gasteiger partial charge in [-0.25, -0.2) is 0 Å². The summed E-state index contributed by atoms with van der Waals surface area (Å²) in [6.45, 7) is 1.98. The molecule has 0 aromatic heterocycles. The topological polar surface area (TPSA) is 23.8 Å². The highest BCUT2D eigenvalue weighted by atomic mass is 35.5.